The van der Waals surface area contributed by atoms with Gasteiger partial charge in [-0.3, -0.25) is 0 Å². The van der Waals surface area contributed by atoms with Gasteiger partial charge in [-0.25, -0.2) is 4.79 Å². The molecule has 0 aromatic heterocycles. The lowest BCUT2D eigenvalue weighted by molar-refractivity contribution is -0.274. The number of hydrogen-bond donors (Lipinski definition) is 1. The highest BCUT2D eigenvalue weighted by molar-refractivity contribution is 5.89. The maximum Gasteiger partial charge on any atom is 0.573 e. The Labute approximate surface area is 150 Å². The van der Waals surface area contributed by atoms with Crippen LogP contribution in [-0.4, -0.2) is 17.4 Å². The van der Waals surface area contributed by atoms with Gasteiger partial charge >= 0.3 is 12.3 Å². The van der Waals surface area contributed by atoms with Crippen LogP contribution in [0.15, 0.2) is 42.5 Å². The fraction of sp³-hybridized carbons (Fsp3) is 0.350. The molecule has 0 bridgehead atoms. The standard InChI is InChI=1S/C20H21F3O3/c1-2-3-9-16-14(8-6-10-17(16)19(24)25)12-13-15-7-4-5-11-18(15)26-20(21,22)23/h4-8,10-11H,2-3,9,12-13H2,1H3,(H,24,25). The summed E-state index contributed by atoms with van der Waals surface area (Å²) in [6.45, 7) is 2.02. The molecule has 2 aromatic carbocycles. The lowest BCUT2D eigenvalue weighted by atomic mass is 9.92. The second kappa shape index (κ2) is 8.74. The summed E-state index contributed by atoms with van der Waals surface area (Å²) in [6, 6.07) is 11.1. The minimum Gasteiger partial charge on any atom is -0.478 e. The summed E-state index contributed by atoms with van der Waals surface area (Å²) < 4.78 is 41.7. The number of hydrogen-bond acceptors (Lipinski definition) is 2. The van der Waals surface area contributed by atoms with E-state index in [9.17, 15) is 23.1 Å². The lowest BCUT2D eigenvalue weighted by Crippen LogP contribution is -2.18. The van der Waals surface area contributed by atoms with Crippen LogP contribution in [0.3, 0.4) is 0 Å². The van der Waals surface area contributed by atoms with Crippen LogP contribution < -0.4 is 4.74 Å². The molecule has 0 fully saturated rings. The molecular weight excluding hydrogens is 345 g/mol. The van der Waals surface area contributed by atoms with E-state index in [-0.39, 0.29) is 11.3 Å². The van der Waals surface area contributed by atoms with E-state index >= 15 is 0 Å². The average Bonchev–Trinajstić information content (AvgIpc) is 2.58. The van der Waals surface area contributed by atoms with Crippen molar-refractivity contribution in [1.82, 2.24) is 0 Å². The molecule has 6 heteroatoms. The van der Waals surface area contributed by atoms with Gasteiger partial charge in [-0.15, -0.1) is 13.2 Å². The van der Waals surface area contributed by atoms with Gasteiger partial charge in [0.2, 0.25) is 0 Å². The number of alkyl halides is 3. The van der Waals surface area contributed by atoms with Crippen molar-refractivity contribution in [3.8, 4) is 5.75 Å². The van der Waals surface area contributed by atoms with Crippen molar-refractivity contribution in [2.75, 3.05) is 0 Å². The molecule has 3 nitrogen and oxygen atoms in total. The summed E-state index contributed by atoms with van der Waals surface area (Å²) in [5, 5.41) is 9.40. The van der Waals surface area contributed by atoms with Crippen molar-refractivity contribution in [3.63, 3.8) is 0 Å². The number of unbranched alkanes of at least 4 members (excludes halogenated alkanes) is 1. The van der Waals surface area contributed by atoms with Crippen molar-refractivity contribution in [2.45, 2.75) is 45.4 Å². The molecule has 0 spiro atoms. The summed E-state index contributed by atoms with van der Waals surface area (Å²) in [5.41, 5.74) is 2.30. The van der Waals surface area contributed by atoms with Crippen molar-refractivity contribution in [3.05, 3.63) is 64.7 Å². The Bertz CT molecular complexity index is 754. The Morgan fingerprint density at radius 2 is 1.65 bits per heavy atom. The van der Waals surface area contributed by atoms with E-state index < -0.39 is 12.3 Å². The number of aromatic carboxylic acids is 1. The van der Waals surface area contributed by atoms with Gasteiger partial charge in [-0.1, -0.05) is 43.7 Å². The largest absolute Gasteiger partial charge is 0.573 e. The lowest BCUT2D eigenvalue weighted by Gasteiger charge is -2.15. The molecular formula is C20H21F3O3. The van der Waals surface area contributed by atoms with E-state index in [4.69, 9.17) is 0 Å². The summed E-state index contributed by atoms with van der Waals surface area (Å²) in [4.78, 5) is 11.5. The fourth-order valence-corrected chi connectivity index (χ4v) is 2.92. The minimum atomic E-state index is -4.74. The highest BCUT2D eigenvalue weighted by Crippen LogP contribution is 2.28. The van der Waals surface area contributed by atoms with Crippen LogP contribution in [0.2, 0.25) is 0 Å². The number of carboxylic acid groups (broad SMARTS) is 1. The quantitative estimate of drug-likeness (QED) is 0.679. The zero-order valence-corrected chi connectivity index (χ0v) is 14.5. The Hall–Kier alpha value is -2.50. The molecule has 0 aliphatic heterocycles. The third kappa shape index (κ3) is 5.51. The number of carbonyl (C=O) groups is 1. The molecule has 2 rings (SSSR count). The first-order chi connectivity index (χ1) is 12.3. The second-order valence-electron chi connectivity index (χ2n) is 6.01. The highest BCUT2D eigenvalue weighted by atomic mass is 19.4. The monoisotopic (exact) mass is 366 g/mol. The van der Waals surface area contributed by atoms with Crippen molar-refractivity contribution in [2.24, 2.45) is 0 Å². The Balaban J connectivity index is 2.25. The molecule has 0 unspecified atom stereocenters. The van der Waals surface area contributed by atoms with Gasteiger partial charge in [0.15, 0.2) is 0 Å². The number of ether oxygens (including phenoxy) is 1. The minimum absolute atomic E-state index is 0.218. The average molecular weight is 366 g/mol. The molecule has 0 radical (unpaired) electrons. The summed E-state index contributed by atoms with van der Waals surface area (Å²) in [6.07, 6.45) is -1.56. The number of aryl methyl sites for hydroxylation is 2. The Morgan fingerprint density at radius 3 is 2.31 bits per heavy atom. The van der Waals surface area contributed by atoms with Crippen LogP contribution in [0, 0.1) is 0 Å². The zero-order valence-electron chi connectivity index (χ0n) is 14.5. The van der Waals surface area contributed by atoms with Crippen LogP contribution >= 0.6 is 0 Å². The first-order valence-corrected chi connectivity index (χ1v) is 8.49. The summed E-state index contributed by atoms with van der Waals surface area (Å²) in [7, 11) is 0. The number of halogens is 3. The molecule has 26 heavy (non-hydrogen) atoms. The maximum atomic E-state index is 12.5. The normalized spacial score (nSPS) is 11.4. The van der Waals surface area contributed by atoms with Crippen LogP contribution in [0.4, 0.5) is 13.2 Å². The van der Waals surface area contributed by atoms with Gasteiger partial charge in [0, 0.05) is 0 Å². The third-order valence-corrected chi connectivity index (χ3v) is 4.15. The van der Waals surface area contributed by atoms with Gasteiger partial charge in [-0.2, -0.15) is 0 Å². The van der Waals surface area contributed by atoms with E-state index in [1.165, 1.54) is 12.1 Å². The van der Waals surface area contributed by atoms with Crippen LogP contribution in [0.5, 0.6) is 5.75 Å². The Morgan fingerprint density at radius 1 is 1.00 bits per heavy atom. The number of carboxylic acids is 1. The second-order valence-corrected chi connectivity index (χ2v) is 6.01. The molecule has 0 heterocycles. The summed E-state index contributed by atoms with van der Waals surface area (Å²) >= 11 is 0. The maximum absolute atomic E-state index is 12.5. The third-order valence-electron chi connectivity index (χ3n) is 4.15. The predicted octanol–water partition coefficient (Wildman–Crippen LogP) is 5.41. The fourth-order valence-electron chi connectivity index (χ4n) is 2.92. The van der Waals surface area contributed by atoms with Crippen LogP contribution in [-0.2, 0) is 19.3 Å². The summed E-state index contributed by atoms with van der Waals surface area (Å²) in [5.74, 6) is -1.21. The Kier molecular flexibility index (Phi) is 6.66. The highest BCUT2D eigenvalue weighted by Gasteiger charge is 2.31. The molecule has 0 amide bonds. The van der Waals surface area contributed by atoms with Gasteiger partial charge in [0.1, 0.15) is 5.75 Å². The van der Waals surface area contributed by atoms with Crippen LogP contribution in [0.25, 0.3) is 0 Å². The number of para-hydroxylation sites is 1. The van der Waals surface area contributed by atoms with E-state index in [2.05, 4.69) is 4.74 Å². The van der Waals surface area contributed by atoms with E-state index in [0.29, 0.717) is 24.8 Å². The first-order valence-electron chi connectivity index (χ1n) is 8.49. The van der Waals surface area contributed by atoms with Gasteiger partial charge in [0.25, 0.3) is 0 Å². The van der Waals surface area contributed by atoms with Crippen molar-refractivity contribution >= 4 is 5.97 Å². The molecule has 0 aliphatic rings. The molecule has 0 atom stereocenters. The zero-order chi connectivity index (χ0) is 19.2. The van der Waals surface area contributed by atoms with Crippen molar-refractivity contribution < 1.29 is 27.8 Å². The van der Waals surface area contributed by atoms with Gasteiger partial charge < -0.3 is 9.84 Å². The topological polar surface area (TPSA) is 46.5 Å². The van der Waals surface area contributed by atoms with Crippen LogP contribution in [0.1, 0.15) is 46.8 Å². The molecule has 2 aromatic rings. The molecule has 1 N–H and O–H groups in total. The number of benzene rings is 2. The SMILES string of the molecule is CCCCc1c(CCc2ccccc2OC(F)(F)F)cccc1C(=O)O. The van der Waals surface area contributed by atoms with E-state index in [1.54, 1.807) is 24.3 Å². The van der Waals surface area contributed by atoms with E-state index in [1.807, 2.05) is 13.0 Å². The molecule has 140 valence electrons. The first kappa shape index (κ1) is 19.8. The predicted molar refractivity (Wildman–Crippen MR) is 92.5 cm³/mol. The van der Waals surface area contributed by atoms with E-state index in [0.717, 1.165) is 24.0 Å². The molecule has 0 saturated carbocycles. The number of rotatable bonds is 8. The molecule has 0 saturated heterocycles. The van der Waals surface area contributed by atoms with Crippen molar-refractivity contribution in [1.29, 1.82) is 0 Å². The smallest absolute Gasteiger partial charge is 0.478 e. The molecule has 0 aliphatic carbocycles. The van der Waals surface area contributed by atoms with Gasteiger partial charge in [-0.05, 0) is 54.5 Å². The van der Waals surface area contributed by atoms with Gasteiger partial charge in [0.05, 0.1) is 5.56 Å².